The predicted octanol–water partition coefficient (Wildman–Crippen LogP) is 2.99. The Kier molecular flexibility index (Phi) is 5.80. The minimum Gasteiger partial charge on any atom is -0.497 e. The van der Waals surface area contributed by atoms with Gasteiger partial charge in [0.25, 0.3) is 0 Å². The van der Waals surface area contributed by atoms with Crippen molar-refractivity contribution in [3.05, 3.63) is 59.7 Å². The fourth-order valence-corrected chi connectivity index (χ4v) is 1.88. The van der Waals surface area contributed by atoms with Crippen molar-refractivity contribution in [2.24, 2.45) is 0 Å². The summed E-state index contributed by atoms with van der Waals surface area (Å²) in [6.07, 6.45) is 0. The molecule has 2 rings (SSSR count). The van der Waals surface area contributed by atoms with Gasteiger partial charge in [0.1, 0.15) is 18.1 Å². The van der Waals surface area contributed by atoms with Crippen LogP contribution in [-0.2, 0) is 11.3 Å². The number of aromatic carboxylic acids is 1. The lowest BCUT2D eigenvalue weighted by Crippen LogP contribution is -2.07. The second kappa shape index (κ2) is 8.05. The van der Waals surface area contributed by atoms with Gasteiger partial charge in [0.2, 0.25) is 0 Å². The number of carboxylic acid groups (broad SMARTS) is 1. The average molecular weight is 302 g/mol. The summed E-state index contributed by atoms with van der Waals surface area (Å²) in [5, 5.41) is 9.03. The van der Waals surface area contributed by atoms with E-state index in [0.29, 0.717) is 31.3 Å². The Morgan fingerprint density at radius 1 is 1.05 bits per heavy atom. The summed E-state index contributed by atoms with van der Waals surface area (Å²) >= 11 is 0. The summed E-state index contributed by atoms with van der Waals surface area (Å²) in [7, 11) is 1.48. The number of carbonyl (C=O) groups is 1. The quantitative estimate of drug-likeness (QED) is 0.759. The van der Waals surface area contributed by atoms with E-state index in [0.717, 1.165) is 5.56 Å². The van der Waals surface area contributed by atoms with Crippen molar-refractivity contribution in [3.63, 3.8) is 0 Å². The maximum absolute atomic E-state index is 11.0. The zero-order valence-corrected chi connectivity index (χ0v) is 12.3. The molecule has 0 spiro atoms. The van der Waals surface area contributed by atoms with E-state index < -0.39 is 5.97 Å². The predicted molar refractivity (Wildman–Crippen MR) is 81.5 cm³/mol. The number of methoxy groups -OCH3 is 1. The van der Waals surface area contributed by atoms with Crippen LogP contribution in [0.5, 0.6) is 11.5 Å². The second-order valence-corrected chi connectivity index (χ2v) is 4.59. The molecule has 2 aromatic rings. The first-order valence-electron chi connectivity index (χ1n) is 6.86. The van der Waals surface area contributed by atoms with Crippen molar-refractivity contribution in [2.75, 3.05) is 20.3 Å². The molecule has 0 aliphatic heterocycles. The van der Waals surface area contributed by atoms with Gasteiger partial charge in [-0.15, -0.1) is 0 Å². The maximum Gasteiger partial charge on any atom is 0.335 e. The van der Waals surface area contributed by atoms with E-state index in [4.69, 9.17) is 19.3 Å². The topological polar surface area (TPSA) is 65.0 Å². The van der Waals surface area contributed by atoms with Crippen molar-refractivity contribution in [1.82, 2.24) is 0 Å². The molecule has 5 nitrogen and oxygen atoms in total. The molecule has 0 saturated carbocycles. The summed E-state index contributed by atoms with van der Waals surface area (Å²) < 4.78 is 16.1. The fraction of sp³-hybridized carbons (Fsp3) is 0.235. The van der Waals surface area contributed by atoms with E-state index in [-0.39, 0.29) is 5.56 Å². The van der Waals surface area contributed by atoms with Crippen LogP contribution < -0.4 is 9.47 Å². The van der Waals surface area contributed by atoms with Gasteiger partial charge in [-0.05, 0) is 17.7 Å². The molecule has 0 unspecified atom stereocenters. The van der Waals surface area contributed by atoms with Crippen LogP contribution in [0.4, 0.5) is 0 Å². The second-order valence-electron chi connectivity index (χ2n) is 4.59. The Morgan fingerprint density at radius 3 is 2.45 bits per heavy atom. The van der Waals surface area contributed by atoms with Crippen LogP contribution >= 0.6 is 0 Å². The summed E-state index contributed by atoms with van der Waals surface area (Å²) in [5.74, 6) is -0.135. The van der Waals surface area contributed by atoms with E-state index in [1.54, 1.807) is 6.07 Å². The van der Waals surface area contributed by atoms with E-state index >= 15 is 0 Å². The first-order chi connectivity index (χ1) is 10.7. The van der Waals surface area contributed by atoms with Gasteiger partial charge in [-0.25, -0.2) is 4.79 Å². The molecular formula is C17H18O5. The Balaban J connectivity index is 1.81. The molecule has 0 amide bonds. The van der Waals surface area contributed by atoms with Crippen molar-refractivity contribution in [3.8, 4) is 11.5 Å². The average Bonchev–Trinajstić information content (AvgIpc) is 2.55. The standard InChI is InChI=1S/C17H18O5/c1-20-15-9-14(17(18)19)10-16(11-15)22-8-7-21-12-13-5-3-2-4-6-13/h2-6,9-11H,7-8,12H2,1H3,(H,18,19). The van der Waals surface area contributed by atoms with Crippen LogP contribution in [0.2, 0.25) is 0 Å². The highest BCUT2D eigenvalue weighted by molar-refractivity contribution is 5.88. The lowest BCUT2D eigenvalue weighted by atomic mass is 10.2. The van der Waals surface area contributed by atoms with Crippen LogP contribution in [0.3, 0.4) is 0 Å². The van der Waals surface area contributed by atoms with Crippen LogP contribution in [-0.4, -0.2) is 31.4 Å². The minimum absolute atomic E-state index is 0.125. The van der Waals surface area contributed by atoms with Gasteiger partial charge < -0.3 is 19.3 Å². The van der Waals surface area contributed by atoms with Crippen LogP contribution in [0, 0.1) is 0 Å². The first kappa shape index (κ1) is 15.9. The SMILES string of the molecule is COc1cc(OCCOCc2ccccc2)cc(C(=O)O)c1. The molecule has 0 heterocycles. The summed E-state index contributed by atoms with van der Waals surface area (Å²) in [6.45, 7) is 1.26. The minimum atomic E-state index is -1.02. The zero-order chi connectivity index (χ0) is 15.8. The summed E-state index contributed by atoms with van der Waals surface area (Å²) in [5.41, 5.74) is 1.22. The zero-order valence-electron chi connectivity index (χ0n) is 12.3. The third-order valence-electron chi connectivity index (χ3n) is 2.97. The molecule has 2 aromatic carbocycles. The number of rotatable bonds is 8. The molecule has 0 saturated heterocycles. The molecule has 0 bridgehead atoms. The molecule has 1 N–H and O–H groups in total. The van der Waals surface area contributed by atoms with E-state index in [2.05, 4.69) is 0 Å². The highest BCUT2D eigenvalue weighted by Crippen LogP contribution is 2.22. The highest BCUT2D eigenvalue weighted by atomic mass is 16.5. The molecule has 22 heavy (non-hydrogen) atoms. The Morgan fingerprint density at radius 2 is 1.77 bits per heavy atom. The number of hydrogen-bond acceptors (Lipinski definition) is 4. The van der Waals surface area contributed by atoms with Crippen LogP contribution in [0.15, 0.2) is 48.5 Å². The Labute approximate surface area is 129 Å². The number of hydrogen-bond donors (Lipinski definition) is 1. The Hall–Kier alpha value is -2.53. The normalized spacial score (nSPS) is 10.2. The monoisotopic (exact) mass is 302 g/mol. The lowest BCUT2D eigenvalue weighted by Gasteiger charge is -2.10. The van der Waals surface area contributed by atoms with Crippen LogP contribution in [0.25, 0.3) is 0 Å². The molecule has 0 aromatic heterocycles. The van der Waals surface area contributed by atoms with Crippen molar-refractivity contribution in [2.45, 2.75) is 6.61 Å². The van der Waals surface area contributed by atoms with Gasteiger partial charge in [0.05, 0.1) is 25.9 Å². The third kappa shape index (κ3) is 4.79. The van der Waals surface area contributed by atoms with E-state index in [1.807, 2.05) is 30.3 Å². The van der Waals surface area contributed by atoms with E-state index in [1.165, 1.54) is 19.2 Å². The molecule has 0 aliphatic rings. The first-order valence-corrected chi connectivity index (χ1v) is 6.86. The summed E-state index contributed by atoms with van der Waals surface area (Å²) in [4.78, 5) is 11.0. The number of benzene rings is 2. The van der Waals surface area contributed by atoms with Gasteiger partial charge in [-0.1, -0.05) is 30.3 Å². The van der Waals surface area contributed by atoms with E-state index in [9.17, 15) is 4.79 Å². The number of carboxylic acids is 1. The fourth-order valence-electron chi connectivity index (χ4n) is 1.88. The van der Waals surface area contributed by atoms with Crippen LogP contribution in [0.1, 0.15) is 15.9 Å². The third-order valence-corrected chi connectivity index (χ3v) is 2.97. The van der Waals surface area contributed by atoms with Gasteiger partial charge in [-0.2, -0.15) is 0 Å². The van der Waals surface area contributed by atoms with Gasteiger partial charge >= 0.3 is 5.97 Å². The maximum atomic E-state index is 11.0. The van der Waals surface area contributed by atoms with Gasteiger partial charge in [-0.3, -0.25) is 0 Å². The molecule has 0 fully saturated rings. The molecule has 116 valence electrons. The van der Waals surface area contributed by atoms with Crippen molar-refractivity contribution < 1.29 is 24.1 Å². The lowest BCUT2D eigenvalue weighted by molar-refractivity contribution is 0.0695. The largest absolute Gasteiger partial charge is 0.497 e. The molecule has 5 heteroatoms. The smallest absolute Gasteiger partial charge is 0.335 e. The van der Waals surface area contributed by atoms with Crippen molar-refractivity contribution >= 4 is 5.97 Å². The Bertz CT molecular complexity index is 610. The summed E-state index contributed by atoms with van der Waals surface area (Å²) in [6, 6.07) is 14.4. The van der Waals surface area contributed by atoms with Gasteiger partial charge in [0.15, 0.2) is 0 Å². The van der Waals surface area contributed by atoms with Crippen molar-refractivity contribution in [1.29, 1.82) is 0 Å². The number of ether oxygens (including phenoxy) is 3. The highest BCUT2D eigenvalue weighted by Gasteiger charge is 2.08. The molecule has 0 atom stereocenters. The van der Waals surface area contributed by atoms with Gasteiger partial charge in [0, 0.05) is 6.07 Å². The molecule has 0 aliphatic carbocycles. The molecule has 0 radical (unpaired) electrons. The molecular weight excluding hydrogens is 284 g/mol.